The number of halogens is 2. The van der Waals surface area contributed by atoms with E-state index in [4.69, 9.17) is 5.73 Å². The molecular formula is C15H19ClFN3OS. The van der Waals surface area contributed by atoms with Crippen LogP contribution in [-0.4, -0.2) is 16.9 Å². The van der Waals surface area contributed by atoms with Crippen molar-refractivity contribution in [2.45, 2.75) is 26.8 Å². The quantitative estimate of drug-likeness (QED) is 0.891. The lowest BCUT2D eigenvalue weighted by atomic mass is 10.1. The Labute approximate surface area is 139 Å². The molecule has 1 aromatic carbocycles. The number of anilines is 1. The van der Waals surface area contributed by atoms with Crippen molar-refractivity contribution in [2.75, 3.05) is 5.32 Å². The van der Waals surface area contributed by atoms with Crippen molar-refractivity contribution >= 4 is 34.8 Å². The van der Waals surface area contributed by atoms with Gasteiger partial charge in [0, 0.05) is 10.4 Å². The van der Waals surface area contributed by atoms with Crippen LogP contribution < -0.4 is 11.1 Å². The van der Waals surface area contributed by atoms with Crippen molar-refractivity contribution in [1.82, 2.24) is 4.98 Å². The number of amides is 1. The highest BCUT2D eigenvalue weighted by Crippen LogP contribution is 2.30. The zero-order valence-electron chi connectivity index (χ0n) is 12.6. The molecule has 1 amide bonds. The molecule has 0 aliphatic carbocycles. The second-order valence-electron chi connectivity index (χ2n) is 5.19. The molecule has 1 heterocycles. The number of carbonyl (C=O) groups excluding carboxylic acids is 1. The SMILES string of the molecule is Cc1sc(NC(=O)C(N)C(C)C)nc1-c1ccc(F)cc1.Cl. The van der Waals surface area contributed by atoms with Gasteiger partial charge in [-0.25, -0.2) is 9.37 Å². The Morgan fingerprint density at radius 1 is 1.32 bits per heavy atom. The Kier molecular flexibility index (Phi) is 6.47. The van der Waals surface area contributed by atoms with Crippen molar-refractivity contribution < 1.29 is 9.18 Å². The van der Waals surface area contributed by atoms with E-state index in [1.165, 1.54) is 23.5 Å². The summed E-state index contributed by atoms with van der Waals surface area (Å²) in [6.07, 6.45) is 0. The van der Waals surface area contributed by atoms with Crippen LogP contribution in [0, 0.1) is 18.7 Å². The summed E-state index contributed by atoms with van der Waals surface area (Å²) in [5.41, 5.74) is 7.37. The van der Waals surface area contributed by atoms with Crippen LogP contribution in [0.4, 0.5) is 9.52 Å². The molecule has 4 nitrogen and oxygen atoms in total. The van der Waals surface area contributed by atoms with Gasteiger partial charge in [-0.15, -0.1) is 23.7 Å². The fourth-order valence-corrected chi connectivity index (χ4v) is 2.66. The second-order valence-corrected chi connectivity index (χ2v) is 6.39. The Bertz CT molecular complexity index is 643. The molecule has 2 aromatic rings. The maximum atomic E-state index is 13.0. The number of carbonyl (C=O) groups is 1. The molecule has 0 fully saturated rings. The molecule has 120 valence electrons. The fraction of sp³-hybridized carbons (Fsp3) is 0.333. The molecule has 0 aliphatic rings. The summed E-state index contributed by atoms with van der Waals surface area (Å²) < 4.78 is 13.0. The topological polar surface area (TPSA) is 68.0 Å². The van der Waals surface area contributed by atoms with Crippen LogP contribution in [0.2, 0.25) is 0 Å². The number of thiazole rings is 1. The van der Waals surface area contributed by atoms with Gasteiger partial charge < -0.3 is 11.1 Å². The average molecular weight is 344 g/mol. The van der Waals surface area contributed by atoms with Gasteiger partial charge >= 0.3 is 0 Å². The third-order valence-corrected chi connectivity index (χ3v) is 4.05. The molecule has 0 spiro atoms. The average Bonchev–Trinajstić information content (AvgIpc) is 2.79. The third kappa shape index (κ3) is 4.25. The molecular weight excluding hydrogens is 325 g/mol. The van der Waals surface area contributed by atoms with Crippen LogP contribution in [-0.2, 0) is 4.79 Å². The standard InChI is InChI=1S/C15H18FN3OS.ClH/c1-8(2)12(17)14(20)19-15-18-13(9(3)21-15)10-4-6-11(16)7-5-10;/h4-8,12H,17H2,1-3H3,(H,18,19,20);1H. The predicted molar refractivity (Wildman–Crippen MR) is 90.9 cm³/mol. The maximum Gasteiger partial charge on any atom is 0.243 e. The van der Waals surface area contributed by atoms with Gasteiger partial charge in [0.05, 0.1) is 11.7 Å². The van der Waals surface area contributed by atoms with Gasteiger partial charge in [-0.2, -0.15) is 0 Å². The number of hydrogen-bond acceptors (Lipinski definition) is 4. The van der Waals surface area contributed by atoms with Crippen LogP contribution in [0.25, 0.3) is 11.3 Å². The zero-order chi connectivity index (χ0) is 15.6. The van der Waals surface area contributed by atoms with Gasteiger partial charge in [0.2, 0.25) is 5.91 Å². The van der Waals surface area contributed by atoms with E-state index in [0.29, 0.717) is 5.13 Å². The van der Waals surface area contributed by atoms with E-state index in [1.807, 2.05) is 20.8 Å². The third-order valence-electron chi connectivity index (χ3n) is 3.17. The normalized spacial score (nSPS) is 11.9. The number of aryl methyl sites for hydroxylation is 1. The van der Waals surface area contributed by atoms with Gasteiger partial charge in [-0.1, -0.05) is 13.8 Å². The van der Waals surface area contributed by atoms with Crippen LogP contribution in [0.15, 0.2) is 24.3 Å². The predicted octanol–water partition coefficient (Wildman–Crippen LogP) is 3.60. The van der Waals surface area contributed by atoms with Crippen molar-refractivity contribution in [2.24, 2.45) is 11.7 Å². The van der Waals surface area contributed by atoms with Crippen molar-refractivity contribution in [3.05, 3.63) is 35.0 Å². The number of benzene rings is 1. The van der Waals surface area contributed by atoms with Crippen LogP contribution in [0.3, 0.4) is 0 Å². The van der Waals surface area contributed by atoms with E-state index in [0.717, 1.165) is 16.1 Å². The zero-order valence-corrected chi connectivity index (χ0v) is 14.2. The van der Waals surface area contributed by atoms with E-state index in [-0.39, 0.29) is 30.0 Å². The smallest absolute Gasteiger partial charge is 0.243 e. The summed E-state index contributed by atoms with van der Waals surface area (Å²) >= 11 is 1.38. The number of aromatic nitrogens is 1. The molecule has 0 radical (unpaired) electrons. The number of rotatable bonds is 4. The molecule has 1 unspecified atom stereocenters. The fourth-order valence-electron chi connectivity index (χ4n) is 1.82. The lowest BCUT2D eigenvalue weighted by molar-refractivity contribution is -0.118. The van der Waals surface area contributed by atoms with Gasteiger partial charge in [0.15, 0.2) is 5.13 Å². The molecule has 0 aliphatic heterocycles. The maximum absolute atomic E-state index is 13.0. The molecule has 0 bridgehead atoms. The number of hydrogen-bond donors (Lipinski definition) is 2. The number of nitrogens with one attached hydrogen (secondary N) is 1. The van der Waals surface area contributed by atoms with E-state index in [9.17, 15) is 9.18 Å². The molecule has 22 heavy (non-hydrogen) atoms. The van der Waals surface area contributed by atoms with Gasteiger partial charge in [0.1, 0.15) is 5.82 Å². The summed E-state index contributed by atoms with van der Waals surface area (Å²) in [5, 5.41) is 3.24. The summed E-state index contributed by atoms with van der Waals surface area (Å²) in [6.45, 7) is 5.69. The first-order valence-corrected chi connectivity index (χ1v) is 7.50. The molecule has 7 heteroatoms. The van der Waals surface area contributed by atoms with Crippen molar-refractivity contribution in [3.63, 3.8) is 0 Å². The Balaban J connectivity index is 0.00000242. The first kappa shape index (κ1) is 18.5. The molecule has 1 atom stereocenters. The molecule has 0 saturated heterocycles. The highest BCUT2D eigenvalue weighted by molar-refractivity contribution is 7.16. The van der Waals surface area contributed by atoms with E-state index < -0.39 is 6.04 Å². The summed E-state index contributed by atoms with van der Waals surface area (Å²) in [5.74, 6) is -0.477. The van der Waals surface area contributed by atoms with Crippen LogP contribution in [0.1, 0.15) is 18.7 Å². The first-order chi connectivity index (χ1) is 9.88. The highest BCUT2D eigenvalue weighted by Gasteiger charge is 2.19. The Morgan fingerprint density at radius 3 is 2.45 bits per heavy atom. The largest absolute Gasteiger partial charge is 0.320 e. The first-order valence-electron chi connectivity index (χ1n) is 6.68. The van der Waals surface area contributed by atoms with Crippen LogP contribution >= 0.6 is 23.7 Å². The van der Waals surface area contributed by atoms with Crippen molar-refractivity contribution in [3.8, 4) is 11.3 Å². The van der Waals surface area contributed by atoms with E-state index in [1.54, 1.807) is 12.1 Å². The summed E-state index contributed by atoms with van der Waals surface area (Å²) in [4.78, 5) is 17.3. The van der Waals surface area contributed by atoms with Crippen molar-refractivity contribution in [1.29, 1.82) is 0 Å². The van der Waals surface area contributed by atoms with Gasteiger partial charge in [-0.05, 0) is 37.1 Å². The number of nitrogens with two attached hydrogens (primary N) is 1. The van der Waals surface area contributed by atoms with Gasteiger partial charge in [-0.3, -0.25) is 4.79 Å². The van der Waals surface area contributed by atoms with Crippen LogP contribution in [0.5, 0.6) is 0 Å². The van der Waals surface area contributed by atoms with E-state index >= 15 is 0 Å². The lowest BCUT2D eigenvalue weighted by Crippen LogP contribution is -2.39. The summed E-state index contributed by atoms with van der Waals surface area (Å²) in [7, 11) is 0. The minimum Gasteiger partial charge on any atom is -0.320 e. The minimum atomic E-state index is -0.566. The van der Waals surface area contributed by atoms with E-state index in [2.05, 4.69) is 10.3 Å². The molecule has 3 N–H and O–H groups in total. The molecule has 1 aromatic heterocycles. The second kappa shape index (κ2) is 7.67. The monoisotopic (exact) mass is 343 g/mol. The molecule has 0 saturated carbocycles. The molecule has 2 rings (SSSR count). The minimum absolute atomic E-state index is 0. The summed E-state index contributed by atoms with van der Waals surface area (Å²) in [6, 6.07) is 5.55. The van der Waals surface area contributed by atoms with Gasteiger partial charge in [0.25, 0.3) is 0 Å². The lowest BCUT2D eigenvalue weighted by Gasteiger charge is -2.13. The highest BCUT2D eigenvalue weighted by atomic mass is 35.5. The Hall–Kier alpha value is -1.50. The number of nitrogens with zero attached hydrogens (tertiary/aromatic N) is 1. The Morgan fingerprint density at radius 2 is 1.91 bits per heavy atom.